The van der Waals surface area contributed by atoms with Crippen molar-refractivity contribution in [2.24, 2.45) is 0 Å². The lowest BCUT2D eigenvalue weighted by atomic mass is 10.1. The maximum Gasteiger partial charge on any atom is 0.257 e. The van der Waals surface area contributed by atoms with E-state index in [1.807, 2.05) is 38.1 Å². The van der Waals surface area contributed by atoms with Crippen molar-refractivity contribution in [2.45, 2.75) is 13.8 Å². The molecule has 0 saturated heterocycles. The molecule has 0 spiro atoms. The lowest BCUT2D eigenvalue weighted by molar-refractivity contribution is 0.102. The van der Waals surface area contributed by atoms with Gasteiger partial charge in [0.1, 0.15) is 0 Å². The quantitative estimate of drug-likeness (QED) is 0.723. The lowest BCUT2D eigenvalue weighted by Gasteiger charge is -2.11. The van der Waals surface area contributed by atoms with E-state index in [0.717, 1.165) is 16.8 Å². The molecule has 2 amide bonds. The Morgan fingerprint density at radius 3 is 2.21 bits per heavy atom. The Bertz CT molecular complexity index is 1080. The highest BCUT2D eigenvalue weighted by atomic mass is 16.2. The first-order valence-electron chi connectivity index (χ1n) is 8.62. The number of carbonyl (C=O) groups is 2. The molecule has 0 saturated carbocycles. The maximum atomic E-state index is 12.6. The van der Waals surface area contributed by atoms with E-state index in [1.165, 1.54) is 18.5 Å². The van der Waals surface area contributed by atoms with Crippen molar-refractivity contribution in [3.63, 3.8) is 0 Å². The predicted molar refractivity (Wildman–Crippen MR) is 107 cm³/mol. The molecule has 0 aliphatic heterocycles. The van der Waals surface area contributed by atoms with Crippen molar-refractivity contribution in [1.82, 2.24) is 4.98 Å². The van der Waals surface area contributed by atoms with Crippen LogP contribution in [0.2, 0.25) is 0 Å². The van der Waals surface area contributed by atoms with Gasteiger partial charge in [-0.1, -0.05) is 12.1 Å². The second-order valence-electron chi connectivity index (χ2n) is 6.31. The van der Waals surface area contributed by atoms with E-state index in [0.29, 0.717) is 11.3 Å². The van der Waals surface area contributed by atoms with Crippen LogP contribution in [-0.2, 0) is 0 Å². The van der Waals surface area contributed by atoms with Crippen LogP contribution in [0.3, 0.4) is 0 Å². The SMILES string of the molecule is Cc1cccc(NC(=O)c2cncc(C(=O)Nc3ccc(C#N)cc3)c2)c1C. The number of carbonyl (C=O) groups excluding carboxylic acids is 2. The second-order valence-corrected chi connectivity index (χ2v) is 6.31. The summed E-state index contributed by atoms with van der Waals surface area (Å²) in [6, 6.07) is 15.7. The van der Waals surface area contributed by atoms with Crippen LogP contribution in [0.4, 0.5) is 11.4 Å². The van der Waals surface area contributed by atoms with Crippen LogP contribution in [0, 0.1) is 25.2 Å². The Hall–Kier alpha value is -3.98. The minimum atomic E-state index is -0.390. The summed E-state index contributed by atoms with van der Waals surface area (Å²) >= 11 is 0. The van der Waals surface area contributed by atoms with Gasteiger partial charge in [0.2, 0.25) is 0 Å². The monoisotopic (exact) mass is 370 g/mol. The first-order valence-corrected chi connectivity index (χ1v) is 8.62. The van der Waals surface area contributed by atoms with Crippen LogP contribution >= 0.6 is 0 Å². The zero-order valence-corrected chi connectivity index (χ0v) is 15.5. The zero-order chi connectivity index (χ0) is 20.1. The van der Waals surface area contributed by atoms with Gasteiger partial charge in [-0.15, -0.1) is 0 Å². The van der Waals surface area contributed by atoms with E-state index in [1.54, 1.807) is 24.3 Å². The molecule has 0 fully saturated rings. The van der Waals surface area contributed by atoms with E-state index in [4.69, 9.17) is 5.26 Å². The van der Waals surface area contributed by atoms with Crippen LogP contribution in [0.25, 0.3) is 0 Å². The van der Waals surface area contributed by atoms with E-state index in [9.17, 15) is 9.59 Å². The molecule has 138 valence electrons. The summed E-state index contributed by atoms with van der Waals surface area (Å²) in [5, 5.41) is 14.4. The van der Waals surface area contributed by atoms with Crippen LogP contribution in [0.5, 0.6) is 0 Å². The smallest absolute Gasteiger partial charge is 0.257 e. The van der Waals surface area contributed by atoms with Crippen molar-refractivity contribution in [3.8, 4) is 6.07 Å². The molecule has 0 aliphatic rings. The molecule has 0 bridgehead atoms. The first kappa shape index (κ1) is 18.8. The van der Waals surface area contributed by atoms with E-state index >= 15 is 0 Å². The van der Waals surface area contributed by atoms with Gasteiger partial charge in [0, 0.05) is 23.8 Å². The zero-order valence-electron chi connectivity index (χ0n) is 15.5. The first-order chi connectivity index (χ1) is 13.5. The van der Waals surface area contributed by atoms with Gasteiger partial charge in [-0.2, -0.15) is 5.26 Å². The van der Waals surface area contributed by atoms with Crippen molar-refractivity contribution < 1.29 is 9.59 Å². The minimum absolute atomic E-state index is 0.262. The van der Waals surface area contributed by atoms with Gasteiger partial charge in [-0.05, 0) is 61.4 Å². The number of benzene rings is 2. The number of nitrogens with zero attached hydrogens (tertiary/aromatic N) is 2. The van der Waals surface area contributed by atoms with E-state index < -0.39 is 5.91 Å². The highest BCUT2D eigenvalue weighted by molar-refractivity contribution is 6.08. The van der Waals surface area contributed by atoms with Crippen molar-refractivity contribution in [3.05, 3.63) is 88.7 Å². The van der Waals surface area contributed by atoms with Gasteiger partial charge in [0.25, 0.3) is 11.8 Å². The Balaban J connectivity index is 1.75. The number of nitrogens with one attached hydrogen (secondary N) is 2. The Labute approximate surface area is 162 Å². The summed E-state index contributed by atoms with van der Waals surface area (Å²) in [5.74, 6) is -0.729. The van der Waals surface area contributed by atoms with Crippen molar-refractivity contribution in [2.75, 3.05) is 10.6 Å². The molecule has 2 N–H and O–H groups in total. The average Bonchev–Trinajstić information content (AvgIpc) is 2.72. The number of amides is 2. The summed E-state index contributed by atoms with van der Waals surface area (Å²) in [5.41, 5.74) is 4.38. The number of aryl methyl sites for hydroxylation is 1. The summed E-state index contributed by atoms with van der Waals surface area (Å²) in [6.07, 6.45) is 2.81. The number of nitriles is 1. The normalized spacial score (nSPS) is 10.0. The number of aromatic nitrogens is 1. The summed E-state index contributed by atoms with van der Waals surface area (Å²) < 4.78 is 0. The molecule has 0 radical (unpaired) electrons. The van der Waals surface area contributed by atoms with Gasteiger partial charge >= 0.3 is 0 Å². The van der Waals surface area contributed by atoms with Gasteiger partial charge < -0.3 is 10.6 Å². The fourth-order valence-electron chi connectivity index (χ4n) is 2.60. The van der Waals surface area contributed by atoms with Crippen LogP contribution < -0.4 is 10.6 Å². The van der Waals surface area contributed by atoms with Crippen molar-refractivity contribution >= 4 is 23.2 Å². The second kappa shape index (κ2) is 8.14. The molecule has 3 aromatic rings. The summed E-state index contributed by atoms with van der Waals surface area (Å²) in [6.45, 7) is 3.91. The Kier molecular flexibility index (Phi) is 5.47. The Morgan fingerprint density at radius 1 is 0.929 bits per heavy atom. The van der Waals surface area contributed by atoms with E-state index in [2.05, 4.69) is 15.6 Å². The molecule has 6 heteroatoms. The highest BCUT2D eigenvalue weighted by Gasteiger charge is 2.13. The van der Waals surface area contributed by atoms with E-state index in [-0.39, 0.29) is 17.0 Å². The molecule has 1 aromatic heterocycles. The largest absolute Gasteiger partial charge is 0.322 e. The molecule has 1 heterocycles. The molecule has 2 aromatic carbocycles. The van der Waals surface area contributed by atoms with Crippen LogP contribution in [-0.4, -0.2) is 16.8 Å². The summed E-state index contributed by atoms with van der Waals surface area (Å²) in [4.78, 5) is 29.0. The Morgan fingerprint density at radius 2 is 1.57 bits per heavy atom. The molecular formula is C22H18N4O2. The molecule has 28 heavy (non-hydrogen) atoms. The lowest BCUT2D eigenvalue weighted by Crippen LogP contribution is -2.16. The van der Waals surface area contributed by atoms with Crippen LogP contribution in [0.1, 0.15) is 37.4 Å². The van der Waals surface area contributed by atoms with Crippen molar-refractivity contribution in [1.29, 1.82) is 5.26 Å². The fourth-order valence-corrected chi connectivity index (χ4v) is 2.60. The maximum absolute atomic E-state index is 12.6. The third-order valence-corrected chi connectivity index (χ3v) is 4.39. The van der Waals surface area contributed by atoms with Gasteiger partial charge in [0.05, 0.1) is 22.8 Å². The number of rotatable bonds is 4. The molecule has 6 nitrogen and oxygen atoms in total. The molecule has 0 atom stereocenters. The topological polar surface area (TPSA) is 94.9 Å². The number of hydrogen-bond acceptors (Lipinski definition) is 4. The standard InChI is InChI=1S/C22H18N4O2/c1-14-4-3-5-20(15(14)2)26-22(28)18-10-17(12-24-13-18)21(27)25-19-8-6-16(11-23)7-9-19/h3-10,12-13H,1-2H3,(H,25,27)(H,26,28). The van der Waals surface area contributed by atoms with Gasteiger partial charge in [-0.25, -0.2) is 0 Å². The molecular weight excluding hydrogens is 352 g/mol. The third-order valence-electron chi connectivity index (χ3n) is 4.39. The summed E-state index contributed by atoms with van der Waals surface area (Å²) in [7, 11) is 0. The fraction of sp³-hybridized carbons (Fsp3) is 0.0909. The van der Waals surface area contributed by atoms with Crippen LogP contribution in [0.15, 0.2) is 60.9 Å². The average molecular weight is 370 g/mol. The number of pyridine rings is 1. The molecule has 3 rings (SSSR count). The molecule has 0 aliphatic carbocycles. The third kappa shape index (κ3) is 4.22. The number of hydrogen-bond donors (Lipinski definition) is 2. The minimum Gasteiger partial charge on any atom is -0.322 e. The molecule has 0 unspecified atom stereocenters. The predicted octanol–water partition coefficient (Wildman–Crippen LogP) is 4.07. The number of anilines is 2. The van der Waals surface area contributed by atoms with Gasteiger partial charge in [-0.3, -0.25) is 14.6 Å². The van der Waals surface area contributed by atoms with Gasteiger partial charge in [0.15, 0.2) is 0 Å². The highest BCUT2D eigenvalue weighted by Crippen LogP contribution is 2.19.